The predicted octanol–water partition coefficient (Wildman–Crippen LogP) is 1.67. The second kappa shape index (κ2) is 6.71. The van der Waals surface area contributed by atoms with Crippen LogP contribution in [0.25, 0.3) is 0 Å². The van der Waals surface area contributed by atoms with Gasteiger partial charge in [0.25, 0.3) is 0 Å². The molecular formula is C12H28N2O2S. The number of hydrogen-bond donors (Lipinski definition) is 1. The van der Waals surface area contributed by atoms with E-state index < -0.39 is 10.0 Å². The van der Waals surface area contributed by atoms with Crippen LogP contribution >= 0.6 is 0 Å². The summed E-state index contributed by atoms with van der Waals surface area (Å²) in [5, 5.41) is 0. The van der Waals surface area contributed by atoms with Gasteiger partial charge >= 0.3 is 0 Å². The van der Waals surface area contributed by atoms with E-state index in [1.807, 2.05) is 34.6 Å². The van der Waals surface area contributed by atoms with Gasteiger partial charge in [0.1, 0.15) is 0 Å². The Morgan fingerprint density at radius 3 is 2.18 bits per heavy atom. The molecule has 0 atom stereocenters. The molecule has 0 unspecified atom stereocenters. The Morgan fingerprint density at radius 1 is 1.29 bits per heavy atom. The van der Waals surface area contributed by atoms with E-state index in [4.69, 9.17) is 5.73 Å². The second-order valence-electron chi connectivity index (χ2n) is 5.79. The molecule has 0 radical (unpaired) electrons. The van der Waals surface area contributed by atoms with E-state index in [0.717, 1.165) is 0 Å². The topological polar surface area (TPSA) is 63.4 Å². The third-order valence-electron chi connectivity index (χ3n) is 2.86. The zero-order valence-corrected chi connectivity index (χ0v) is 12.7. The van der Waals surface area contributed by atoms with Crippen LogP contribution in [-0.4, -0.2) is 38.1 Å². The van der Waals surface area contributed by atoms with E-state index in [1.54, 1.807) is 4.31 Å². The van der Waals surface area contributed by atoms with Crippen molar-refractivity contribution in [3.63, 3.8) is 0 Å². The van der Waals surface area contributed by atoms with Gasteiger partial charge in [-0.05, 0) is 24.3 Å². The molecule has 0 aromatic heterocycles. The summed E-state index contributed by atoms with van der Waals surface area (Å²) in [5.41, 5.74) is 5.49. The molecule has 0 aliphatic rings. The molecule has 0 aromatic carbocycles. The number of sulfonamides is 1. The van der Waals surface area contributed by atoms with Crippen LogP contribution in [0.3, 0.4) is 0 Å². The predicted molar refractivity (Wildman–Crippen MR) is 73.3 cm³/mol. The van der Waals surface area contributed by atoms with Gasteiger partial charge in [-0.1, -0.05) is 34.6 Å². The molecule has 104 valence electrons. The Morgan fingerprint density at radius 2 is 1.82 bits per heavy atom. The Hall–Kier alpha value is -0.130. The molecule has 4 nitrogen and oxygen atoms in total. The first-order valence-electron chi connectivity index (χ1n) is 6.32. The first kappa shape index (κ1) is 16.9. The van der Waals surface area contributed by atoms with Crippen molar-refractivity contribution in [2.24, 2.45) is 17.1 Å². The zero-order chi connectivity index (χ0) is 13.7. The second-order valence-corrected chi connectivity index (χ2v) is 7.88. The molecule has 0 aliphatic heterocycles. The summed E-state index contributed by atoms with van der Waals surface area (Å²) < 4.78 is 25.8. The van der Waals surface area contributed by atoms with Gasteiger partial charge in [-0.25, -0.2) is 12.7 Å². The number of rotatable bonds is 8. The summed E-state index contributed by atoms with van der Waals surface area (Å²) in [6.07, 6.45) is 0.710. The minimum atomic E-state index is -3.13. The normalized spacial score (nSPS) is 13.6. The van der Waals surface area contributed by atoms with Gasteiger partial charge in [-0.2, -0.15) is 0 Å². The van der Waals surface area contributed by atoms with Crippen LogP contribution in [0, 0.1) is 11.3 Å². The molecule has 17 heavy (non-hydrogen) atoms. The molecular weight excluding hydrogens is 236 g/mol. The lowest BCUT2D eigenvalue weighted by atomic mass is 9.94. The maximum Gasteiger partial charge on any atom is 0.214 e. The molecule has 5 heteroatoms. The minimum Gasteiger partial charge on any atom is -0.330 e. The van der Waals surface area contributed by atoms with E-state index in [9.17, 15) is 8.42 Å². The lowest BCUT2D eigenvalue weighted by Crippen LogP contribution is -2.42. The van der Waals surface area contributed by atoms with E-state index in [0.29, 0.717) is 32.0 Å². The summed E-state index contributed by atoms with van der Waals surface area (Å²) >= 11 is 0. The Bertz CT molecular complexity index is 310. The molecule has 0 saturated carbocycles. The van der Waals surface area contributed by atoms with Crippen molar-refractivity contribution in [1.82, 2.24) is 4.31 Å². The Labute approximate surface area is 107 Å². The third kappa shape index (κ3) is 6.38. The Kier molecular flexibility index (Phi) is 6.66. The standard InChI is InChI=1S/C12H28N2O2S/c1-6-14(10-12(4,5)9-13)17(15,16)8-7-11(2)3/h11H,6-10,13H2,1-5H3. The van der Waals surface area contributed by atoms with Crippen molar-refractivity contribution in [3.8, 4) is 0 Å². The summed E-state index contributed by atoms with van der Waals surface area (Å²) in [6.45, 7) is 11.4. The van der Waals surface area contributed by atoms with Crippen LogP contribution in [0.5, 0.6) is 0 Å². The van der Waals surface area contributed by atoms with Gasteiger partial charge in [-0.15, -0.1) is 0 Å². The zero-order valence-electron chi connectivity index (χ0n) is 11.9. The molecule has 0 fully saturated rings. The number of nitrogens with zero attached hydrogens (tertiary/aromatic N) is 1. The first-order valence-corrected chi connectivity index (χ1v) is 7.93. The number of nitrogens with two attached hydrogens (primary N) is 1. The average molecular weight is 264 g/mol. The largest absolute Gasteiger partial charge is 0.330 e. The third-order valence-corrected chi connectivity index (χ3v) is 4.78. The summed E-state index contributed by atoms with van der Waals surface area (Å²) in [5.74, 6) is 0.644. The summed E-state index contributed by atoms with van der Waals surface area (Å²) in [7, 11) is -3.13. The van der Waals surface area contributed by atoms with Gasteiger partial charge < -0.3 is 5.73 Å². The maximum absolute atomic E-state index is 12.1. The van der Waals surface area contributed by atoms with Crippen LogP contribution in [0.15, 0.2) is 0 Å². The number of hydrogen-bond acceptors (Lipinski definition) is 3. The van der Waals surface area contributed by atoms with E-state index in [-0.39, 0.29) is 11.2 Å². The fourth-order valence-corrected chi connectivity index (χ4v) is 3.43. The SMILES string of the molecule is CCN(CC(C)(C)CN)S(=O)(=O)CCC(C)C. The summed E-state index contributed by atoms with van der Waals surface area (Å²) in [6, 6.07) is 0. The highest BCUT2D eigenvalue weighted by Gasteiger charge is 2.27. The van der Waals surface area contributed by atoms with Crippen LogP contribution in [0.1, 0.15) is 41.0 Å². The van der Waals surface area contributed by atoms with Crippen molar-refractivity contribution in [2.45, 2.75) is 41.0 Å². The lowest BCUT2D eigenvalue weighted by Gasteiger charge is -2.30. The van der Waals surface area contributed by atoms with Crippen molar-refractivity contribution in [3.05, 3.63) is 0 Å². The molecule has 0 spiro atoms. The van der Waals surface area contributed by atoms with Gasteiger partial charge in [0, 0.05) is 13.1 Å². The van der Waals surface area contributed by atoms with Gasteiger partial charge in [0.2, 0.25) is 10.0 Å². The maximum atomic E-state index is 12.1. The molecule has 0 heterocycles. The molecule has 0 bridgehead atoms. The summed E-state index contributed by atoms with van der Waals surface area (Å²) in [4.78, 5) is 0. The van der Waals surface area contributed by atoms with Crippen LogP contribution in [-0.2, 0) is 10.0 Å². The minimum absolute atomic E-state index is 0.166. The lowest BCUT2D eigenvalue weighted by molar-refractivity contribution is 0.272. The van der Waals surface area contributed by atoms with Gasteiger partial charge in [0.15, 0.2) is 0 Å². The van der Waals surface area contributed by atoms with Gasteiger partial charge in [-0.3, -0.25) is 0 Å². The first-order chi connectivity index (χ1) is 7.64. The van der Waals surface area contributed by atoms with Crippen molar-refractivity contribution in [2.75, 3.05) is 25.4 Å². The van der Waals surface area contributed by atoms with Crippen molar-refractivity contribution < 1.29 is 8.42 Å². The molecule has 0 rings (SSSR count). The highest BCUT2D eigenvalue weighted by molar-refractivity contribution is 7.89. The average Bonchev–Trinajstić information content (AvgIpc) is 2.23. The fraction of sp³-hybridized carbons (Fsp3) is 1.00. The highest BCUT2D eigenvalue weighted by atomic mass is 32.2. The fourth-order valence-electron chi connectivity index (χ4n) is 1.46. The van der Waals surface area contributed by atoms with Gasteiger partial charge in [0.05, 0.1) is 5.75 Å². The van der Waals surface area contributed by atoms with E-state index in [1.165, 1.54) is 0 Å². The molecule has 0 amide bonds. The monoisotopic (exact) mass is 264 g/mol. The molecule has 2 N–H and O–H groups in total. The molecule has 0 saturated heterocycles. The van der Waals surface area contributed by atoms with Crippen LogP contribution in [0.4, 0.5) is 0 Å². The molecule has 0 aromatic rings. The van der Waals surface area contributed by atoms with Crippen LogP contribution < -0.4 is 5.73 Å². The van der Waals surface area contributed by atoms with Crippen molar-refractivity contribution >= 4 is 10.0 Å². The smallest absolute Gasteiger partial charge is 0.214 e. The Balaban J connectivity index is 4.64. The quantitative estimate of drug-likeness (QED) is 0.725. The van der Waals surface area contributed by atoms with E-state index >= 15 is 0 Å². The molecule has 0 aliphatic carbocycles. The highest BCUT2D eigenvalue weighted by Crippen LogP contribution is 2.18. The van der Waals surface area contributed by atoms with Crippen molar-refractivity contribution in [1.29, 1.82) is 0 Å². The van der Waals surface area contributed by atoms with E-state index in [2.05, 4.69) is 0 Å². The van der Waals surface area contributed by atoms with Crippen LogP contribution in [0.2, 0.25) is 0 Å².